The van der Waals surface area contributed by atoms with Crippen LogP contribution < -0.4 is 0 Å². The second-order valence-corrected chi connectivity index (χ2v) is 9.11. The number of hydrogen-bond acceptors (Lipinski definition) is 5. The molecular formula is C15H27N3O3S. The maximum atomic E-state index is 11.9. The Morgan fingerprint density at radius 2 is 2.00 bits per heavy atom. The molecular weight excluding hydrogens is 302 g/mol. The molecule has 1 aromatic rings. The molecule has 0 saturated carbocycles. The normalized spacial score (nSPS) is 19.7. The highest BCUT2D eigenvalue weighted by molar-refractivity contribution is 7.92. The lowest BCUT2D eigenvalue weighted by atomic mass is 9.91. The van der Waals surface area contributed by atoms with E-state index in [0.29, 0.717) is 12.4 Å². The molecule has 1 aliphatic heterocycles. The molecule has 6 nitrogen and oxygen atoms in total. The van der Waals surface area contributed by atoms with Crippen molar-refractivity contribution in [3.8, 4) is 0 Å². The second kappa shape index (κ2) is 7.10. The predicted octanol–water partition coefficient (Wildman–Crippen LogP) is 0.989. The van der Waals surface area contributed by atoms with Crippen LogP contribution in [-0.4, -0.2) is 58.6 Å². The highest BCUT2D eigenvalue weighted by atomic mass is 32.2. The van der Waals surface area contributed by atoms with Crippen LogP contribution in [-0.2, 0) is 16.9 Å². The van der Waals surface area contributed by atoms with Gasteiger partial charge in [-0.1, -0.05) is 0 Å². The van der Waals surface area contributed by atoms with E-state index in [1.165, 1.54) is 0 Å². The van der Waals surface area contributed by atoms with Crippen molar-refractivity contribution in [2.75, 3.05) is 25.4 Å². The average Bonchev–Trinajstić information content (AvgIpc) is 2.91. The minimum absolute atomic E-state index is 0.194. The van der Waals surface area contributed by atoms with Gasteiger partial charge in [0.15, 0.2) is 9.84 Å². The van der Waals surface area contributed by atoms with Crippen LogP contribution in [0.5, 0.6) is 0 Å². The van der Waals surface area contributed by atoms with Gasteiger partial charge in [-0.25, -0.2) is 13.4 Å². The van der Waals surface area contributed by atoms with E-state index in [-0.39, 0.29) is 16.9 Å². The highest BCUT2D eigenvalue weighted by Gasteiger charge is 2.29. The summed E-state index contributed by atoms with van der Waals surface area (Å²) in [7, 11) is -1.09. The molecule has 1 saturated heterocycles. The van der Waals surface area contributed by atoms with E-state index in [9.17, 15) is 13.5 Å². The number of likely N-dealkylation sites (tertiary alicyclic amines) is 1. The van der Waals surface area contributed by atoms with Crippen LogP contribution in [0, 0.1) is 5.92 Å². The molecule has 1 aliphatic rings. The summed E-state index contributed by atoms with van der Waals surface area (Å²) in [5.74, 6) is 1.12. The van der Waals surface area contributed by atoms with Crippen LogP contribution in [0.25, 0.3) is 0 Å². The van der Waals surface area contributed by atoms with Crippen LogP contribution in [0.3, 0.4) is 0 Å². The third kappa shape index (κ3) is 4.08. The number of aromatic nitrogens is 2. The standard InChI is InChI=1S/C15H27N3O3S/c1-12(2)22(20,21)11-10-18-7-4-13(5-8-18)14(19)15-16-6-9-17(15)3/h6,9,12-14,19H,4-5,7-8,10-11H2,1-3H3. The number of aliphatic hydroxyl groups is 1. The summed E-state index contributed by atoms with van der Waals surface area (Å²) in [6, 6.07) is 0. The summed E-state index contributed by atoms with van der Waals surface area (Å²) < 4.78 is 25.6. The molecule has 1 unspecified atom stereocenters. The van der Waals surface area contributed by atoms with Gasteiger partial charge in [-0.2, -0.15) is 0 Å². The van der Waals surface area contributed by atoms with Crippen molar-refractivity contribution in [1.29, 1.82) is 0 Å². The van der Waals surface area contributed by atoms with Gasteiger partial charge >= 0.3 is 0 Å². The molecule has 126 valence electrons. The maximum Gasteiger partial charge on any atom is 0.153 e. The molecule has 1 aromatic heterocycles. The zero-order valence-electron chi connectivity index (χ0n) is 13.6. The summed E-state index contributed by atoms with van der Waals surface area (Å²) in [6.07, 6.45) is 4.74. The molecule has 0 radical (unpaired) electrons. The van der Waals surface area contributed by atoms with E-state index in [4.69, 9.17) is 0 Å². The quantitative estimate of drug-likeness (QED) is 0.842. The molecule has 2 rings (SSSR count). The number of nitrogens with zero attached hydrogens (tertiary/aromatic N) is 3. The van der Waals surface area contributed by atoms with E-state index < -0.39 is 15.9 Å². The molecule has 7 heteroatoms. The summed E-state index contributed by atoms with van der Waals surface area (Å²) >= 11 is 0. The molecule has 0 aromatic carbocycles. The number of rotatable bonds is 6. The Hall–Kier alpha value is -0.920. The zero-order chi connectivity index (χ0) is 16.3. The number of imidazole rings is 1. The van der Waals surface area contributed by atoms with E-state index in [0.717, 1.165) is 25.9 Å². The van der Waals surface area contributed by atoms with Gasteiger partial charge < -0.3 is 14.6 Å². The van der Waals surface area contributed by atoms with Crippen molar-refractivity contribution in [3.05, 3.63) is 18.2 Å². The van der Waals surface area contributed by atoms with Gasteiger partial charge in [0.1, 0.15) is 11.9 Å². The molecule has 1 fully saturated rings. The smallest absolute Gasteiger partial charge is 0.153 e. The lowest BCUT2D eigenvalue weighted by Gasteiger charge is -2.34. The topological polar surface area (TPSA) is 75.4 Å². The van der Waals surface area contributed by atoms with Crippen molar-refractivity contribution < 1.29 is 13.5 Å². The number of aryl methyl sites for hydroxylation is 1. The SMILES string of the molecule is CC(C)S(=O)(=O)CCN1CCC(C(O)c2nccn2C)CC1. The molecule has 1 N–H and O–H groups in total. The first kappa shape index (κ1) is 17.4. The fraction of sp³-hybridized carbons (Fsp3) is 0.800. The van der Waals surface area contributed by atoms with Crippen LogP contribution in [0.4, 0.5) is 0 Å². The Morgan fingerprint density at radius 1 is 1.36 bits per heavy atom. The first-order chi connectivity index (χ1) is 10.3. The van der Waals surface area contributed by atoms with E-state index in [2.05, 4.69) is 9.88 Å². The monoisotopic (exact) mass is 329 g/mol. The van der Waals surface area contributed by atoms with Crippen molar-refractivity contribution in [2.45, 2.75) is 38.0 Å². The van der Waals surface area contributed by atoms with Crippen molar-refractivity contribution >= 4 is 9.84 Å². The maximum absolute atomic E-state index is 11.9. The van der Waals surface area contributed by atoms with E-state index in [1.54, 1.807) is 20.0 Å². The molecule has 2 heterocycles. The van der Waals surface area contributed by atoms with Crippen LogP contribution in [0.2, 0.25) is 0 Å². The van der Waals surface area contributed by atoms with Crippen LogP contribution in [0.1, 0.15) is 38.6 Å². The molecule has 1 atom stereocenters. The van der Waals surface area contributed by atoms with Crippen molar-refractivity contribution in [1.82, 2.24) is 14.5 Å². The first-order valence-electron chi connectivity index (χ1n) is 7.90. The summed E-state index contributed by atoms with van der Waals surface area (Å²) in [5.41, 5.74) is 0. The number of piperidine rings is 1. The number of hydrogen-bond donors (Lipinski definition) is 1. The van der Waals surface area contributed by atoms with Gasteiger partial charge in [-0.3, -0.25) is 0 Å². The molecule has 0 bridgehead atoms. The van der Waals surface area contributed by atoms with Gasteiger partial charge in [0.05, 0.1) is 11.0 Å². The first-order valence-corrected chi connectivity index (χ1v) is 9.62. The Kier molecular flexibility index (Phi) is 5.63. The van der Waals surface area contributed by atoms with E-state index in [1.807, 2.05) is 17.8 Å². The molecule has 0 aliphatic carbocycles. The minimum atomic E-state index is -2.97. The number of aliphatic hydroxyl groups excluding tert-OH is 1. The minimum Gasteiger partial charge on any atom is -0.385 e. The Labute approximate surface area is 133 Å². The predicted molar refractivity (Wildman–Crippen MR) is 86.3 cm³/mol. The van der Waals surface area contributed by atoms with Gasteiger partial charge in [0, 0.05) is 26.0 Å². The largest absolute Gasteiger partial charge is 0.385 e. The average molecular weight is 329 g/mol. The van der Waals surface area contributed by atoms with Crippen molar-refractivity contribution in [3.63, 3.8) is 0 Å². The van der Waals surface area contributed by atoms with Gasteiger partial charge in [0.25, 0.3) is 0 Å². The number of sulfone groups is 1. The fourth-order valence-electron chi connectivity index (χ4n) is 2.86. The van der Waals surface area contributed by atoms with Crippen molar-refractivity contribution in [2.24, 2.45) is 13.0 Å². The zero-order valence-corrected chi connectivity index (χ0v) is 14.5. The fourth-order valence-corrected chi connectivity index (χ4v) is 3.84. The third-order valence-electron chi connectivity index (χ3n) is 4.61. The van der Waals surface area contributed by atoms with Gasteiger partial charge in [-0.15, -0.1) is 0 Å². The van der Waals surface area contributed by atoms with Gasteiger partial charge in [-0.05, 0) is 45.7 Å². The lowest BCUT2D eigenvalue weighted by molar-refractivity contribution is 0.0527. The van der Waals surface area contributed by atoms with Gasteiger partial charge in [0.2, 0.25) is 0 Å². The summed E-state index contributed by atoms with van der Waals surface area (Å²) in [4.78, 5) is 6.40. The second-order valence-electron chi connectivity index (χ2n) is 6.44. The molecule has 0 amide bonds. The van der Waals surface area contributed by atoms with Crippen LogP contribution in [0.15, 0.2) is 12.4 Å². The highest BCUT2D eigenvalue weighted by Crippen LogP contribution is 2.29. The van der Waals surface area contributed by atoms with Crippen LogP contribution >= 0.6 is 0 Å². The third-order valence-corrected chi connectivity index (χ3v) is 6.80. The molecule has 22 heavy (non-hydrogen) atoms. The molecule has 0 spiro atoms. The summed E-state index contributed by atoms with van der Waals surface area (Å²) in [6.45, 7) is 5.71. The Bertz CT molecular complexity index is 575. The Balaban J connectivity index is 1.82. The van der Waals surface area contributed by atoms with E-state index >= 15 is 0 Å². The summed E-state index contributed by atoms with van der Waals surface area (Å²) in [5, 5.41) is 10.1. The Morgan fingerprint density at radius 3 is 2.50 bits per heavy atom. The lowest BCUT2D eigenvalue weighted by Crippen LogP contribution is -2.39.